The molecule has 0 radical (unpaired) electrons. The van der Waals surface area contributed by atoms with E-state index in [0.717, 1.165) is 23.6 Å². The van der Waals surface area contributed by atoms with Gasteiger partial charge in [0.15, 0.2) is 0 Å². The Balaban J connectivity index is 2.08. The van der Waals surface area contributed by atoms with Gasteiger partial charge in [-0.05, 0) is 43.2 Å². The summed E-state index contributed by atoms with van der Waals surface area (Å²) in [5.74, 6) is 1.69. The highest BCUT2D eigenvalue weighted by Gasteiger charge is 2.02. The third-order valence-corrected chi connectivity index (χ3v) is 3.05. The lowest BCUT2D eigenvalue weighted by molar-refractivity contribution is 0.482. The quantitative estimate of drug-likeness (QED) is 0.904. The molecule has 0 aromatic heterocycles. The van der Waals surface area contributed by atoms with Crippen LogP contribution in [0.5, 0.6) is 11.5 Å². The maximum absolute atomic E-state index is 5.87. The lowest BCUT2D eigenvalue weighted by atomic mass is 10.1. The van der Waals surface area contributed by atoms with Crippen molar-refractivity contribution in [3.8, 4) is 11.5 Å². The number of anilines is 1. The molecule has 20 heavy (non-hydrogen) atoms. The summed E-state index contributed by atoms with van der Waals surface area (Å²) in [5, 5.41) is 0. The fourth-order valence-corrected chi connectivity index (χ4v) is 2.03. The second-order valence-corrected chi connectivity index (χ2v) is 5.32. The minimum absolute atomic E-state index is 0.179. The van der Waals surface area contributed by atoms with Gasteiger partial charge in [-0.2, -0.15) is 0 Å². The van der Waals surface area contributed by atoms with Crippen molar-refractivity contribution in [2.75, 3.05) is 19.0 Å². The third-order valence-electron chi connectivity index (χ3n) is 3.05. The first-order chi connectivity index (χ1) is 9.54. The summed E-state index contributed by atoms with van der Waals surface area (Å²) in [7, 11) is 4.03. The van der Waals surface area contributed by atoms with E-state index in [4.69, 9.17) is 10.5 Å². The minimum Gasteiger partial charge on any atom is -0.457 e. The largest absolute Gasteiger partial charge is 0.457 e. The van der Waals surface area contributed by atoms with Crippen LogP contribution in [0.15, 0.2) is 48.5 Å². The normalized spacial score (nSPS) is 12.0. The van der Waals surface area contributed by atoms with E-state index in [9.17, 15) is 0 Å². The molecule has 0 saturated carbocycles. The molecular weight excluding hydrogens is 248 g/mol. The van der Waals surface area contributed by atoms with Gasteiger partial charge in [0.2, 0.25) is 0 Å². The summed E-state index contributed by atoms with van der Waals surface area (Å²) >= 11 is 0. The Labute approximate surface area is 121 Å². The monoisotopic (exact) mass is 270 g/mol. The van der Waals surface area contributed by atoms with Crippen LogP contribution in [0.4, 0.5) is 5.69 Å². The van der Waals surface area contributed by atoms with Crippen LogP contribution in [0.3, 0.4) is 0 Å². The van der Waals surface area contributed by atoms with Crippen LogP contribution in [0, 0.1) is 0 Å². The Morgan fingerprint density at radius 2 is 1.75 bits per heavy atom. The molecule has 0 aliphatic carbocycles. The fourth-order valence-electron chi connectivity index (χ4n) is 2.03. The molecule has 1 unspecified atom stereocenters. The molecule has 0 amide bonds. The second-order valence-electron chi connectivity index (χ2n) is 5.32. The van der Waals surface area contributed by atoms with Gasteiger partial charge in [-0.3, -0.25) is 0 Å². The van der Waals surface area contributed by atoms with Crippen LogP contribution in [0.1, 0.15) is 12.5 Å². The molecule has 2 aromatic rings. The smallest absolute Gasteiger partial charge is 0.129 e. The molecule has 2 aromatic carbocycles. The molecule has 0 heterocycles. The number of ether oxygens (including phenoxy) is 1. The Morgan fingerprint density at radius 3 is 2.35 bits per heavy atom. The molecule has 0 aliphatic heterocycles. The maximum Gasteiger partial charge on any atom is 0.129 e. The topological polar surface area (TPSA) is 38.5 Å². The average molecular weight is 270 g/mol. The van der Waals surface area contributed by atoms with E-state index in [1.807, 2.05) is 51.4 Å². The molecule has 2 N–H and O–H groups in total. The SMILES string of the molecule is CC(N)Cc1ccc(Oc2cccc(N(C)C)c2)cc1. The molecular formula is C17H22N2O. The molecule has 0 aliphatic rings. The van der Waals surface area contributed by atoms with Crippen LogP contribution < -0.4 is 15.4 Å². The van der Waals surface area contributed by atoms with Crippen LogP contribution in [0.2, 0.25) is 0 Å². The van der Waals surface area contributed by atoms with Gasteiger partial charge in [-0.15, -0.1) is 0 Å². The molecule has 3 nitrogen and oxygen atoms in total. The Bertz CT molecular complexity index is 547. The summed E-state index contributed by atoms with van der Waals surface area (Å²) in [6, 6.07) is 16.3. The Hall–Kier alpha value is -2.00. The predicted octanol–water partition coefficient (Wildman–Crippen LogP) is 3.43. The summed E-state index contributed by atoms with van der Waals surface area (Å²) in [5.41, 5.74) is 8.15. The van der Waals surface area contributed by atoms with E-state index in [1.165, 1.54) is 5.56 Å². The molecule has 106 valence electrons. The van der Waals surface area contributed by atoms with Crippen LogP contribution in [0.25, 0.3) is 0 Å². The van der Waals surface area contributed by atoms with Crippen LogP contribution >= 0.6 is 0 Å². The number of hydrogen-bond donors (Lipinski definition) is 1. The molecule has 0 saturated heterocycles. The number of rotatable bonds is 5. The van der Waals surface area contributed by atoms with Gasteiger partial charge in [0, 0.05) is 31.9 Å². The summed E-state index contributed by atoms with van der Waals surface area (Å²) in [4.78, 5) is 2.05. The van der Waals surface area contributed by atoms with Crippen molar-refractivity contribution < 1.29 is 4.74 Å². The summed E-state index contributed by atoms with van der Waals surface area (Å²) < 4.78 is 5.87. The zero-order chi connectivity index (χ0) is 14.5. The first-order valence-electron chi connectivity index (χ1n) is 6.84. The van der Waals surface area contributed by atoms with E-state index < -0.39 is 0 Å². The van der Waals surface area contributed by atoms with Gasteiger partial charge in [0.1, 0.15) is 11.5 Å². The van der Waals surface area contributed by atoms with Gasteiger partial charge in [0.05, 0.1) is 0 Å². The number of nitrogens with two attached hydrogens (primary N) is 1. The van der Waals surface area contributed by atoms with Crippen molar-refractivity contribution in [3.05, 3.63) is 54.1 Å². The van der Waals surface area contributed by atoms with Crippen molar-refractivity contribution in [2.45, 2.75) is 19.4 Å². The lowest BCUT2D eigenvalue weighted by Gasteiger charge is -2.14. The third kappa shape index (κ3) is 4.00. The zero-order valence-electron chi connectivity index (χ0n) is 12.3. The minimum atomic E-state index is 0.179. The van der Waals surface area contributed by atoms with Gasteiger partial charge >= 0.3 is 0 Å². The van der Waals surface area contributed by atoms with E-state index in [1.54, 1.807) is 0 Å². The number of hydrogen-bond acceptors (Lipinski definition) is 3. The highest BCUT2D eigenvalue weighted by Crippen LogP contribution is 2.25. The average Bonchev–Trinajstić information content (AvgIpc) is 2.41. The zero-order valence-corrected chi connectivity index (χ0v) is 12.3. The van der Waals surface area contributed by atoms with Crippen molar-refractivity contribution in [1.82, 2.24) is 0 Å². The highest BCUT2D eigenvalue weighted by atomic mass is 16.5. The predicted molar refractivity (Wildman–Crippen MR) is 84.6 cm³/mol. The van der Waals surface area contributed by atoms with Gasteiger partial charge in [-0.25, -0.2) is 0 Å². The standard InChI is InChI=1S/C17H22N2O/c1-13(18)11-14-7-9-16(10-8-14)20-17-6-4-5-15(12-17)19(2)3/h4-10,12-13H,11,18H2,1-3H3. The van der Waals surface area contributed by atoms with Crippen molar-refractivity contribution in [1.29, 1.82) is 0 Å². The molecule has 0 bridgehead atoms. The van der Waals surface area contributed by atoms with Crippen molar-refractivity contribution in [3.63, 3.8) is 0 Å². The number of nitrogens with zero attached hydrogens (tertiary/aromatic N) is 1. The Morgan fingerprint density at radius 1 is 1.05 bits per heavy atom. The van der Waals surface area contributed by atoms with E-state index in [-0.39, 0.29) is 6.04 Å². The van der Waals surface area contributed by atoms with Crippen molar-refractivity contribution in [2.24, 2.45) is 5.73 Å². The molecule has 1 atom stereocenters. The van der Waals surface area contributed by atoms with Gasteiger partial charge in [-0.1, -0.05) is 18.2 Å². The summed E-state index contributed by atoms with van der Waals surface area (Å²) in [6.45, 7) is 2.01. The molecule has 0 fully saturated rings. The highest BCUT2D eigenvalue weighted by molar-refractivity contribution is 5.50. The van der Waals surface area contributed by atoms with Gasteiger partial charge < -0.3 is 15.4 Å². The first kappa shape index (κ1) is 14.4. The van der Waals surface area contributed by atoms with E-state index >= 15 is 0 Å². The maximum atomic E-state index is 5.87. The molecule has 0 spiro atoms. The Kier molecular flexibility index (Phi) is 4.64. The number of benzene rings is 2. The van der Waals surface area contributed by atoms with Gasteiger partial charge in [0.25, 0.3) is 0 Å². The van der Waals surface area contributed by atoms with Crippen molar-refractivity contribution >= 4 is 5.69 Å². The van der Waals surface area contributed by atoms with E-state index in [0.29, 0.717) is 0 Å². The fraction of sp³-hybridized carbons (Fsp3) is 0.294. The van der Waals surface area contributed by atoms with Crippen LogP contribution in [-0.4, -0.2) is 20.1 Å². The summed E-state index contributed by atoms with van der Waals surface area (Å²) in [6.07, 6.45) is 0.885. The van der Waals surface area contributed by atoms with Crippen LogP contribution in [-0.2, 0) is 6.42 Å². The second kappa shape index (κ2) is 6.44. The van der Waals surface area contributed by atoms with E-state index in [2.05, 4.69) is 23.1 Å². The first-order valence-corrected chi connectivity index (χ1v) is 6.84. The lowest BCUT2D eigenvalue weighted by Crippen LogP contribution is -2.17. The molecule has 3 heteroatoms. The molecule has 2 rings (SSSR count).